The molecule has 470 valence electrons. The summed E-state index contributed by atoms with van der Waals surface area (Å²) < 4.78 is 160. The Bertz CT molecular complexity index is 2840. The minimum Gasteiger partial charge on any atom is -0.494 e. The molecule has 3 aliphatic rings. The van der Waals surface area contributed by atoms with Gasteiger partial charge in [-0.2, -0.15) is 26.3 Å². The van der Waals surface area contributed by atoms with E-state index < -0.39 is 58.3 Å². The molecule has 0 aromatic heterocycles. The highest BCUT2D eigenvalue weighted by molar-refractivity contribution is 5.93. The van der Waals surface area contributed by atoms with E-state index in [0.29, 0.717) is 76.7 Å². The van der Waals surface area contributed by atoms with Crippen molar-refractivity contribution in [3.05, 3.63) is 137 Å². The van der Waals surface area contributed by atoms with Crippen LogP contribution in [0.25, 0.3) is 11.1 Å². The molecule has 3 heterocycles. The van der Waals surface area contributed by atoms with Gasteiger partial charge in [0, 0.05) is 36.7 Å². The molecule has 20 heteroatoms. The predicted octanol–water partition coefficient (Wildman–Crippen LogP) is 15.3. The summed E-state index contributed by atoms with van der Waals surface area (Å²) in [5.74, 6) is -6.10. The average Bonchev–Trinajstić information content (AvgIpc) is 1.28. The molecule has 0 spiro atoms. The monoisotopic (exact) mass is 1210 g/mol. The van der Waals surface area contributed by atoms with E-state index in [1.807, 2.05) is 12.1 Å². The fourth-order valence-corrected chi connectivity index (χ4v) is 9.25. The molecule has 0 radical (unpaired) electrons. The van der Waals surface area contributed by atoms with Gasteiger partial charge in [-0.05, 0) is 143 Å². The van der Waals surface area contributed by atoms with Crippen molar-refractivity contribution in [1.82, 2.24) is 0 Å². The lowest BCUT2D eigenvalue weighted by Crippen LogP contribution is -2.45. The summed E-state index contributed by atoms with van der Waals surface area (Å²) in [7, 11) is 0. The zero-order valence-corrected chi connectivity index (χ0v) is 49.2. The van der Waals surface area contributed by atoms with Crippen LogP contribution in [-0.4, -0.2) is 111 Å². The number of benzene rings is 5. The molecule has 5 aromatic rings. The van der Waals surface area contributed by atoms with E-state index in [0.717, 1.165) is 128 Å². The standard InChI is InChI=1S/C46H55F7O10.C20H24O3/c1-3-43(28-58-29-43)26-56-21-9-5-7-11-23-60-33-15-13-32(14-16-33)41(54)62-37-19-20-38(40(46(51,52)53)39(37)45(48,49)50)63-42(55)35-18-17-34(25-36(35)47)61-24-12-8-6-10-22-57-27-44(4-2)30-59-31-44;1-16-4-6-17(7-5-16)18-8-10-19(11-9-18)22-13-3-2-12-21-14-20-15-23-20/h13-20,25H,3-12,21-24,26-31H2,1-2H3;4-11,20H,2-3,12-15H2,1H3. The van der Waals surface area contributed by atoms with E-state index in [4.69, 9.17) is 52.1 Å². The molecular weight excluding hydrogens is 1130 g/mol. The molecule has 0 saturated carbocycles. The Balaban J connectivity index is 0.000000381. The van der Waals surface area contributed by atoms with Gasteiger partial charge in [0.15, 0.2) is 0 Å². The van der Waals surface area contributed by atoms with Crippen LogP contribution < -0.4 is 23.7 Å². The lowest BCUT2D eigenvalue weighted by atomic mass is 9.84. The zero-order chi connectivity index (χ0) is 61.4. The first-order chi connectivity index (χ1) is 41.4. The van der Waals surface area contributed by atoms with Crippen molar-refractivity contribution < 1.29 is 92.4 Å². The largest absolute Gasteiger partial charge is 0.494 e. The van der Waals surface area contributed by atoms with E-state index in [2.05, 4.69) is 57.2 Å². The number of hydrogen-bond acceptors (Lipinski definition) is 13. The molecule has 3 aliphatic heterocycles. The van der Waals surface area contributed by atoms with Gasteiger partial charge in [0.25, 0.3) is 0 Å². The zero-order valence-electron chi connectivity index (χ0n) is 49.2. The predicted molar refractivity (Wildman–Crippen MR) is 308 cm³/mol. The smallest absolute Gasteiger partial charge is 0.420 e. The highest BCUT2D eigenvalue weighted by Gasteiger charge is 2.49. The van der Waals surface area contributed by atoms with Gasteiger partial charge in [0.2, 0.25) is 0 Å². The van der Waals surface area contributed by atoms with E-state index >= 15 is 0 Å². The number of epoxide rings is 1. The molecule has 5 aromatic carbocycles. The fourth-order valence-electron chi connectivity index (χ4n) is 9.25. The third kappa shape index (κ3) is 21.2. The topological polar surface area (TPSA) is 139 Å². The van der Waals surface area contributed by atoms with Gasteiger partial charge in [-0.25, -0.2) is 14.0 Å². The van der Waals surface area contributed by atoms with Crippen LogP contribution in [0.5, 0.6) is 28.7 Å². The van der Waals surface area contributed by atoms with Crippen LogP contribution in [0.4, 0.5) is 30.7 Å². The van der Waals surface area contributed by atoms with Gasteiger partial charge < -0.3 is 52.1 Å². The van der Waals surface area contributed by atoms with E-state index in [-0.39, 0.29) is 28.7 Å². The summed E-state index contributed by atoms with van der Waals surface area (Å²) in [4.78, 5) is 25.8. The molecular formula is C66H79F7O13. The first-order valence-corrected chi connectivity index (χ1v) is 29.6. The summed E-state index contributed by atoms with van der Waals surface area (Å²) in [5.41, 5.74) is -1.99. The number of esters is 2. The summed E-state index contributed by atoms with van der Waals surface area (Å²) in [6, 6.07) is 25.7. The third-order valence-corrected chi connectivity index (χ3v) is 15.1. The van der Waals surface area contributed by atoms with Gasteiger partial charge in [-0.15, -0.1) is 0 Å². The minimum atomic E-state index is -5.77. The second-order valence-electron chi connectivity index (χ2n) is 22.1. The molecule has 3 fully saturated rings. The van der Waals surface area contributed by atoms with Gasteiger partial charge >= 0.3 is 24.3 Å². The van der Waals surface area contributed by atoms with Crippen molar-refractivity contribution in [2.75, 3.05) is 92.5 Å². The normalized spacial score (nSPS) is 15.8. The van der Waals surface area contributed by atoms with E-state index in [9.17, 15) is 40.3 Å². The average molecular weight is 1210 g/mol. The SMILES string of the molecule is CCC1(COCCCCCCOc2ccc(C(=O)Oc3ccc(OC(=O)c4ccc(OCCCCCCOCC5(CC)COC5)cc4F)c(C(F)(F)F)c3C(F)(F)F)cc2)COC1.Cc1ccc(-c2ccc(OCCCCOCC3CO3)cc2)cc1. The van der Waals surface area contributed by atoms with Crippen molar-refractivity contribution in [3.8, 4) is 39.9 Å². The summed E-state index contributed by atoms with van der Waals surface area (Å²) in [6.07, 6.45) is -0.549. The second-order valence-corrected chi connectivity index (χ2v) is 22.1. The third-order valence-electron chi connectivity index (χ3n) is 15.1. The maximum atomic E-state index is 15.0. The lowest BCUT2D eigenvalue weighted by Gasteiger charge is -2.40. The Hall–Kier alpha value is -6.29. The number of carbonyl (C=O) groups excluding carboxylic acids is 2. The van der Waals surface area contributed by atoms with Gasteiger partial charge in [-0.1, -0.05) is 68.7 Å². The van der Waals surface area contributed by atoms with E-state index in [1.165, 1.54) is 47.0 Å². The van der Waals surface area contributed by atoms with Crippen molar-refractivity contribution in [2.45, 2.75) is 116 Å². The molecule has 0 N–H and O–H groups in total. The van der Waals surface area contributed by atoms with Gasteiger partial charge in [-0.3, -0.25) is 0 Å². The van der Waals surface area contributed by atoms with Crippen LogP contribution >= 0.6 is 0 Å². The molecule has 8 rings (SSSR count). The maximum absolute atomic E-state index is 15.0. The molecule has 0 amide bonds. The van der Waals surface area contributed by atoms with Gasteiger partial charge in [0.1, 0.15) is 51.8 Å². The Kier molecular flexibility index (Phi) is 25.9. The maximum Gasteiger partial charge on any atom is 0.420 e. The lowest BCUT2D eigenvalue weighted by molar-refractivity contribution is -0.163. The Morgan fingerprint density at radius 3 is 1.36 bits per heavy atom. The first-order valence-electron chi connectivity index (χ1n) is 29.6. The Morgan fingerprint density at radius 2 is 0.919 bits per heavy atom. The molecule has 13 nitrogen and oxygen atoms in total. The number of ether oxygens (including phenoxy) is 11. The van der Waals surface area contributed by atoms with Crippen LogP contribution in [0.2, 0.25) is 0 Å². The molecule has 1 atom stereocenters. The minimum absolute atomic E-state index is 0.0207. The highest BCUT2D eigenvalue weighted by Crippen LogP contribution is 2.49. The molecule has 1 unspecified atom stereocenters. The van der Waals surface area contributed by atoms with Crippen LogP contribution in [0.15, 0.2) is 103 Å². The van der Waals surface area contributed by atoms with Crippen molar-refractivity contribution in [1.29, 1.82) is 0 Å². The summed E-state index contributed by atoms with van der Waals surface area (Å²) >= 11 is 0. The quantitative estimate of drug-likeness (QED) is 0.0125. The fraction of sp³-hybridized carbons (Fsp3) is 0.515. The Morgan fingerprint density at radius 1 is 0.512 bits per heavy atom. The number of aryl methyl sites for hydroxylation is 1. The van der Waals surface area contributed by atoms with Crippen LogP contribution in [0.1, 0.15) is 128 Å². The second kappa shape index (κ2) is 33.2. The van der Waals surface area contributed by atoms with E-state index in [1.54, 1.807) is 0 Å². The number of unbranched alkanes of at least 4 members (excludes halogenated alkanes) is 7. The Labute approximate surface area is 499 Å². The number of halogens is 7. The van der Waals surface area contributed by atoms with Crippen LogP contribution in [0.3, 0.4) is 0 Å². The van der Waals surface area contributed by atoms with Crippen molar-refractivity contribution >= 4 is 11.9 Å². The number of hydrogen-bond donors (Lipinski definition) is 0. The van der Waals surface area contributed by atoms with Crippen LogP contribution in [0, 0.1) is 23.6 Å². The van der Waals surface area contributed by atoms with Gasteiger partial charge in [0.05, 0.1) is 83.8 Å². The number of carbonyl (C=O) groups is 2. The highest BCUT2D eigenvalue weighted by atomic mass is 19.4. The van der Waals surface area contributed by atoms with Crippen molar-refractivity contribution in [2.24, 2.45) is 10.8 Å². The molecule has 3 saturated heterocycles. The first kappa shape index (κ1) is 67.2. The molecule has 0 bridgehead atoms. The van der Waals surface area contributed by atoms with Crippen LogP contribution in [-0.2, 0) is 40.8 Å². The number of rotatable bonds is 35. The summed E-state index contributed by atoms with van der Waals surface area (Å²) in [5, 5.41) is 0. The molecule has 86 heavy (non-hydrogen) atoms. The molecule has 0 aliphatic carbocycles. The van der Waals surface area contributed by atoms with Crippen molar-refractivity contribution in [3.63, 3.8) is 0 Å². The number of alkyl halides is 6. The summed E-state index contributed by atoms with van der Waals surface area (Å²) in [6.45, 7) is 15.5.